The van der Waals surface area contributed by atoms with Crippen molar-refractivity contribution < 1.29 is 31.5 Å². The maximum absolute atomic E-state index is 13.6. The van der Waals surface area contributed by atoms with E-state index in [9.17, 15) is 22.4 Å². The van der Waals surface area contributed by atoms with Gasteiger partial charge in [0.2, 0.25) is 11.6 Å². The molecule has 0 aliphatic rings. The van der Waals surface area contributed by atoms with Gasteiger partial charge in [-0.25, -0.2) is 8.78 Å². The maximum Gasteiger partial charge on any atom is 0.291 e. The van der Waals surface area contributed by atoms with Crippen molar-refractivity contribution in [1.29, 1.82) is 0 Å². The number of hydrogen-bond acceptors (Lipinski definition) is 4. The fraction of sp³-hybridized carbons (Fsp3) is 0.227. The van der Waals surface area contributed by atoms with Gasteiger partial charge in [0, 0.05) is 30.5 Å². The smallest absolute Gasteiger partial charge is 0.291 e. The van der Waals surface area contributed by atoms with Gasteiger partial charge in [-0.3, -0.25) is 4.79 Å². The molecule has 1 amide bonds. The Hall–Kier alpha value is -3.20. The number of carbonyl (C=O) groups is 1. The average Bonchev–Trinajstić information content (AvgIpc) is 3.23. The van der Waals surface area contributed by atoms with Crippen molar-refractivity contribution in [3.8, 4) is 5.75 Å². The zero-order valence-corrected chi connectivity index (χ0v) is 18.1. The number of anilines is 2. The van der Waals surface area contributed by atoms with E-state index in [-0.39, 0.29) is 30.0 Å². The van der Waals surface area contributed by atoms with Crippen LogP contribution in [0.15, 0.2) is 46.9 Å². The predicted molar refractivity (Wildman–Crippen MR) is 115 cm³/mol. The lowest BCUT2D eigenvalue weighted by Crippen LogP contribution is -2.21. The molecule has 0 bridgehead atoms. The van der Waals surface area contributed by atoms with Gasteiger partial charge in [-0.05, 0) is 50.2 Å². The number of halogens is 5. The second-order valence-electron chi connectivity index (χ2n) is 6.53. The summed E-state index contributed by atoms with van der Waals surface area (Å²) >= 11 is 0. The van der Waals surface area contributed by atoms with E-state index in [0.29, 0.717) is 5.69 Å². The van der Waals surface area contributed by atoms with Crippen LogP contribution in [-0.2, 0) is 6.61 Å². The summed E-state index contributed by atoms with van der Waals surface area (Å²) in [5.74, 6) is -8.26. The fourth-order valence-electron chi connectivity index (χ4n) is 2.94. The van der Waals surface area contributed by atoms with Gasteiger partial charge >= 0.3 is 0 Å². The highest BCUT2D eigenvalue weighted by Gasteiger charge is 2.21. The van der Waals surface area contributed by atoms with E-state index in [4.69, 9.17) is 9.15 Å². The van der Waals surface area contributed by atoms with Gasteiger partial charge in [0.15, 0.2) is 23.1 Å². The molecule has 0 spiro atoms. The van der Waals surface area contributed by atoms with Gasteiger partial charge in [-0.1, -0.05) is 0 Å². The van der Waals surface area contributed by atoms with Crippen molar-refractivity contribution in [3.63, 3.8) is 0 Å². The minimum atomic E-state index is -1.66. The minimum Gasteiger partial charge on any atom is -0.479 e. The van der Waals surface area contributed by atoms with E-state index in [0.717, 1.165) is 18.8 Å². The predicted octanol–water partition coefficient (Wildman–Crippen LogP) is 5.94. The molecule has 0 aliphatic heterocycles. The Morgan fingerprint density at radius 3 is 2.12 bits per heavy atom. The first-order valence-corrected chi connectivity index (χ1v) is 9.54. The summed E-state index contributed by atoms with van der Waals surface area (Å²) in [7, 11) is 0. The van der Waals surface area contributed by atoms with Crippen LogP contribution in [0.4, 0.5) is 28.9 Å². The zero-order valence-electron chi connectivity index (χ0n) is 17.3. The molecule has 0 saturated heterocycles. The van der Waals surface area contributed by atoms with E-state index >= 15 is 0 Å². The molecule has 2 aromatic carbocycles. The Labute approximate surface area is 188 Å². The molecule has 0 radical (unpaired) electrons. The highest BCUT2D eigenvalue weighted by molar-refractivity contribution is 6.02. The quantitative estimate of drug-likeness (QED) is 0.326. The Bertz CT molecular complexity index is 1040. The molecule has 0 unspecified atom stereocenters. The topological polar surface area (TPSA) is 54.7 Å². The molecule has 10 heteroatoms. The summed E-state index contributed by atoms with van der Waals surface area (Å²) in [4.78, 5) is 14.5. The SMILES string of the molecule is CCN(CC)c1ccc(NC(=O)c2ccc(COc3c(F)c(F)cc(F)c3F)o2)cc1.Cl. The Kier molecular flexibility index (Phi) is 8.54. The van der Waals surface area contributed by atoms with Crippen LogP contribution in [0.3, 0.4) is 0 Å². The van der Waals surface area contributed by atoms with E-state index in [2.05, 4.69) is 10.2 Å². The number of nitrogens with one attached hydrogen (secondary N) is 1. The van der Waals surface area contributed by atoms with Gasteiger partial charge in [0.05, 0.1) is 0 Å². The standard InChI is InChI=1S/C22H20F4N2O3.ClH/c1-3-28(4-2)14-7-5-13(6-8-14)27-22(29)18-10-9-15(31-18)12-30-21-19(25)16(23)11-17(24)20(21)26;/h5-11H,3-4,12H2,1-2H3,(H,27,29);1H. The summed E-state index contributed by atoms with van der Waals surface area (Å²) in [5.41, 5.74) is 1.57. The highest BCUT2D eigenvalue weighted by Crippen LogP contribution is 2.27. The van der Waals surface area contributed by atoms with Crippen LogP contribution in [0.25, 0.3) is 0 Å². The number of carbonyl (C=O) groups excluding carboxylic acids is 1. The molecule has 0 saturated carbocycles. The van der Waals surface area contributed by atoms with Gasteiger partial charge in [-0.2, -0.15) is 8.78 Å². The number of ether oxygens (including phenoxy) is 1. The molecule has 3 aromatic rings. The van der Waals surface area contributed by atoms with Gasteiger partial charge in [-0.15, -0.1) is 12.4 Å². The first-order valence-electron chi connectivity index (χ1n) is 9.54. The third-order valence-electron chi connectivity index (χ3n) is 4.57. The van der Waals surface area contributed by atoms with Crippen LogP contribution >= 0.6 is 12.4 Å². The summed E-state index contributed by atoms with van der Waals surface area (Å²) in [6, 6.07) is 10.0. The molecule has 1 heterocycles. The number of rotatable bonds is 8. The maximum atomic E-state index is 13.6. The number of hydrogen-bond donors (Lipinski definition) is 1. The number of nitrogens with zero attached hydrogens (tertiary/aromatic N) is 1. The third kappa shape index (κ3) is 5.53. The lowest BCUT2D eigenvalue weighted by molar-refractivity contribution is 0.0992. The lowest BCUT2D eigenvalue weighted by Gasteiger charge is -2.21. The van der Waals surface area contributed by atoms with Crippen LogP contribution in [-0.4, -0.2) is 19.0 Å². The molecule has 172 valence electrons. The normalized spacial score (nSPS) is 10.4. The van der Waals surface area contributed by atoms with Gasteiger partial charge < -0.3 is 19.4 Å². The fourth-order valence-corrected chi connectivity index (χ4v) is 2.94. The van der Waals surface area contributed by atoms with Crippen molar-refractivity contribution in [2.45, 2.75) is 20.5 Å². The molecule has 1 N–H and O–H groups in total. The Morgan fingerprint density at radius 2 is 1.56 bits per heavy atom. The van der Waals surface area contributed by atoms with Crippen LogP contribution < -0.4 is 15.0 Å². The van der Waals surface area contributed by atoms with Gasteiger partial charge in [0.1, 0.15) is 12.4 Å². The molecule has 1 aromatic heterocycles. The average molecular weight is 473 g/mol. The molecule has 0 fully saturated rings. The van der Waals surface area contributed by atoms with Crippen LogP contribution in [0.1, 0.15) is 30.2 Å². The molecule has 32 heavy (non-hydrogen) atoms. The molecule has 0 aliphatic carbocycles. The van der Waals surface area contributed by atoms with Crippen LogP contribution in [0.5, 0.6) is 5.75 Å². The summed E-state index contributed by atoms with van der Waals surface area (Å²) in [5, 5.41) is 2.67. The van der Waals surface area contributed by atoms with Crippen molar-refractivity contribution in [3.05, 3.63) is 77.3 Å². The van der Waals surface area contributed by atoms with Crippen LogP contribution in [0.2, 0.25) is 0 Å². The van der Waals surface area contributed by atoms with E-state index in [1.54, 1.807) is 12.1 Å². The van der Waals surface area contributed by atoms with Crippen LogP contribution in [0, 0.1) is 23.3 Å². The molecular formula is C22H21ClF4N2O3. The Morgan fingerprint density at radius 1 is 0.969 bits per heavy atom. The molecular weight excluding hydrogens is 452 g/mol. The highest BCUT2D eigenvalue weighted by atomic mass is 35.5. The largest absolute Gasteiger partial charge is 0.479 e. The summed E-state index contributed by atoms with van der Waals surface area (Å²) in [6.07, 6.45) is 0. The monoisotopic (exact) mass is 472 g/mol. The van der Waals surface area contributed by atoms with E-state index < -0.39 is 41.5 Å². The van der Waals surface area contributed by atoms with E-state index in [1.165, 1.54) is 12.1 Å². The number of amides is 1. The summed E-state index contributed by atoms with van der Waals surface area (Å²) in [6.45, 7) is 5.27. The minimum absolute atomic E-state index is 0. The first kappa shape index (κ1) is 25.1. The lowest BCUT2D eigenvalue weighted by atomic mass is 10.2. The molecule has 0 atom stereocenters. The van der Waals surface area contributed by atoms with Crippen molar-refractivity contribution in [2.24, 2.45) is 0 Å². The van der Waals surface area contributed by atoms with Crippen molar-refractivity contribution in [2.75, 3.05) is 23.3 Å². The van der Waals surface area contributed by atoms with E-state index in [1.807, 2.05) is 26.0 Å². The Balaban J connectivity index is 0.00000363. The van der Waals surface area contributed by atoms with Crippen molar-refractivity contribution >= 4 is 29.7 Å². The first-order chi connectivity index (χ1) is 14.8. The molecule has 5 nitrogen and oxygen atoms in total. The number of benzene rings is 2. The van der Waals surface area contributed by atoms with Gasteiger partial charge in [0.25, 0.3) is 5.91 Å². The second kappa shape index (κ2) is 10.9. The molecule has 3 rings (SSSR count). The number of furan rings is 1. The summed E-state index contributed by atoms with van der Waals surface area (Å²) < 4.78 is 63.9. The second-order valence-corrected chi connectivity index (χ2v) is 6.53. The van der Waals surface area contributed by atoms with Crippen molar-refractivity contribution in [1.82, 2.24) is 0 Å². The zero-order chi connectivity index (χ0) is 22.5. The third-order valence-corrected chi connectivity index (χ3v) is 4.57.